The van der Waals surface area contributed by atoms with Gasteiger partial charge in [-0.3, -0.25) is 4.79 Å². The van der Waals surface area contributed by atoms with Gasteiger partial charge in [0.25, 0.3) is 0 Å². The molecule has 0 atom stereocenters. The number of hydrogen-bond acceptors (Lipinski definition) is 2. The second-order valence-electron chi connectivity index (χ2n) is 4.29. The van der Waals surface area contributed by atoms with Crippen molar-refractivity contribution in [3.63, 3.8) is 0 Å². The summed E-state index contributed by atoms with van der Waals surface area (Å²) >= 11 is 0. The van der Waals surface area contributed by atoms with Gasteiger partial charge >= 0.3 is 0 Å². The first-order valence-corrected chi connectivity index (χ1v) is 5.13. The first-order valence-electron chi connectivity index (χ1n) is 5.13. The van der Waals surface area contributed by atoms with E-state index in [1.54, 1.807) is 40.0 Å². The van der Waals surface area contributed by atoms with E-state index in [4.69, 9.17) is 0 Å². The topological polar surface area (TPSA) is 41.1 Å². The third-order valence-corrected chi connectivity index (χ3v) is 2.62. The maximum atomic E-state index is 13.2. The van der Waals surface area contributed by atoms with Crippen molar-refractivity contribution in [1.29, 1.82) is 0 Å². The van der Waals surface area contributed by atoms with Crippen LogP contribution < -0.4 is 10.6 Å². The van der Waals surface area contributed by atoms with Crippen LogP contribution in [0.15, 0.2) is 18.2 Å². The molecular formula is C12H17FN2O. The van der Waals surface area contributed by atoms with E-state index in [0.717, 1.165) is 0 Å². The molecule has 88 valence electrons. The van der Waals surface area contributed by atoms with Crippen molar-refractivity contribution in [3.8, 4) is 0 Å². The molecule has 16 heavy (non-hydrogen) atoms. The number of benzene rings is 1. The molecule has 0 saturated carbocycles. The van der Waals surface area contributed by atoms with Crippen LogP contribution in [-0.2, 0) is 4.79 Å². The van der Waals surface area contributed by atoms with Crippen LogP contribution in [0.25, 0.3) is 0 Å². The van der Waals surface area contributed by atoms with Gasteiger partial charge in [-0.05, 0) is 45.5 Å². The number of aryl methyl sites for hydroxylation is 1. The second kappa shape index (κ2) is 4.61. The fourth-order valence-corrected chi connectivity index (χ4v) is 1.07. The number of hydrogen-bond donors (Lipinski definition) is 2. The van der Waals surface area contributed by atoms with Crippen molar-refractivity contribution in [2.24, 2.45) is 0 Å². The Labute approximate surface area is 95.0 Å². The zero-order valence-corrected chi connectivity index (χ0v) is 10.0. The molecule has 1 aromatic rings. The predicted octanol–water partition coefficient (Wildman–Crippen LogP) is 2.07. The summed E-state index contributed by atoms with van der Waals surface area (Å²) in [7, 11) is 1.70. The first-order chi connectivity index (χ1) is 7.36. The van der Waals surface area contributed by atoms with Gasteiger partial charge in [-0.2, -0.15) is 0 Å². The van der Waals surface area contributed by atoms with Gasteiger partial charge in [0, 0.05) is 5.69 Å². The lowest BCUT2D eigenvalue weighted by molar-refractivity contribution is -0.121. The van der Waals surface area contributed by atoms with Crippen LogP contribution in [-0.4, -0.2) is 18.5 Å². The van der Waals surface area contributed by atoms with Crippen LogP contribution in [0.4, 0.5) is 10.1 Å². The Balaban J connectivity index is 2.82. The maximum Gasteiger partial charge on any atom is 0.244 e. The molecule has 1 amide bonds. The van der Waals surface area contributed by atoms with Crippen LogP contribution in [0.3, 0.4) is 0 Å². The molecule has 0 radical (unpaired) electrons. The molecule has 0 bridgehead atoms. The number of halogens is 1. The number of likely N-dealkylation sites (N-methyl/N-ethyl adjacent to an activating group) is 1. The summed E-state index contributed by atoms with van der Waals surface area (Å²) in [6, 6.07) is 4.64. The van der Waals surface area contributed by atoms with Gasteiger partial charge in [-0.25, -0.2) is 4.39 Å². The first kappa shape index (κ1) is 12.6. The molecule has 1 aromatic carbocycles. The summed E-state index contributed by atoms with van der Waals surface area (Å²) < 4.78 is 13.2. The zero-order chi connectivity index (χ0) is 12.3. The third kappa shape index (κ3) is 2.79. The summed E-state index contributed by atoms with van der Waals surface area (Å²) in [6.07, 6.45) is 0. The Kier molecular flexibility index (Phi) is 3.65. The molecule has 0 aliphatic carbocycles. The van der Waals surface area contributed by atoms with E-state index in [0.29, 0.717) is 11.3 Å². The average Bonchev–Trinajstić information content (AvgIpc) is 2.23. The number of rotatable bonds is 3. The van der Waals surface area contributed by atoms with E-state index in [-0.39, 0.29) is 11.7 Å². The summed E-state index contributed by atoms with van der Waals surface area (Å²) in [4.78, 5) is 11.8. The van der Waals surface area contributed by atoms with Gasteiger partial charge in [-0.1, -0.05) is 6.07 Å². The zero-order valence-electron chi connectivity index (χ0n) is 10.0. The highest BCUT2D eigenvalue weighted by molar-refractivity contribution is 5.97. The lowest BCUT2D eigenvalue weighted by Gasteiger charge is -2.22. The molecule has 2 N–H and O–H groups in total. The van der Waals surface area contributed by atoms with Gasteiger partial charge < -0.3 is 10.6 Å². The molecule has 0 aromatic heterocycles. The minimum atomic E-state index is -0.679. The summed E-state index contributed by atoms with van der Waals surface area (Å²) in [6.45, 7) is 5.19. The standard InChI is InChI=1S/C12H17FN2O/c1-8-5-6-9(7-10(8)13)15-11(16)12(2,3)14-4/h5-7,14H,1-4H3,(H,15,16). The van der Waals surface area contributed by atoms with E-state index in [1.807, 2.05) is 0 Å². The second-order valence-corrected chi connectivity index (χ2v) is 4.29. The summed E-state index contributed by atoms with van der Waals surface area (Å²) in [5.41, 5.74) is 0.351. The van der Waals surface area contributed by atoms with Crippen LogP contribution in [0.2, 0.25) is 0 Å². The third-order valence-electron chi connectivity index (χ3n) is 2.62. The van der Waals surface area contributed by atoms with E-state index in [2.05, 4.69) is 10.6 Å². The SMILES string of the molecule is CNC(C)(C)C(=O)Nc1ccc(C)c(F)c1. The quantitative estimate of drug-likeness (QED) is 0.825. The molecule has 0 saturated heterocycles. The molecule has 1 rings (SSSR count). The minimum Gasteiger partial charge on any atom is -0.324 e. The lowest BCUT2D eigenvalue weighted by atomic mass is 10.0. The molecule has 0 aliphatic rings. The normalized spacial score (nSPS) is 11.3. The van der Waals surface area contributed by atoms with Gasteiger partial charge in [0.15, 0.2) is 0 Å². The van der Waals surface area contributed by atoms with Crippen molar-refractivity contribution in [1.82, 2.24) is 5.32 Å². The Morgan fingerprint density at radius 1 is 1.38 bits per heavy atom. The fourth-order valence-electron chi connectivity index (χ4n) is 1.07. The molecule has 4 heteroatoms. The Bertz CT molecular complexity index is 402. The molecule has 0 heterocycles. The van der Waals surface area contributed by atoms with E-state index in [1.165, 1.54) is 6.07 Å². The molecule has 0 unspecified atom stereocenters. The lowest BCUT2D eigenvalue weighted by Crippen LogP contribution is -2.47. The van der Waals surface area contributed by atoms with Crippen LogP contribution >= 0.6 is 0 Å². The molecule has 0 aliphatic heterocycles. The van der Waals surface area contributed by atoms with Crippen molar-refractivity contribution in [2.75, 3.05) is 12.4 Å². The minimum absolute atomic E-state index is 0.196. The molecule has 3 nitrogen and oxygen atoms in total. The van der Waals surface area contributed by atoms with Crippen molar-refractivity contribution in [3.05, 3.63) is 29.6 Å². The predicted molar refractivity (Wildman–Crippen MR) is 62.9 cm³/mol. The summed E-state index contributed by atoms with van der Waals surface area (Å²) in [5.74, 6) is -0.515. The van der Waals surface area contributed by atoms with Crippen LogP contribution in [0.1, 0.15) is 19.4 Å². The van der Waals surface area contributed by atoms with Crippen LogP contribution in [0, 0.1) is 12.7 Å². The van der Waals surface area contributed by atoms with Gasteiger partial charge in [0.05, 0.1) is 5.54 Å². The Morgan fingerprint density at radius 2 is 2.00 bits per heavy atom. The van der Waals surface area contributed by atoms with Crippen LogP contribution in [0.5, 0.6) is 0 Å². The van der Waals surface area contributed by atoms with Crippen molar-refractivity contribution < 1.29 is 9.18 Å². The van der Waals surface area contributed by atoms with Crippen molar-refractivity contribution in [2.45, 2.75) is 26.3 Å². The largest absolute Gasteiger partial charge is 0.324 e. The maximum absolute atomic E-state index is 13.2. The average molecular weight is 224 g/mol. The smallest absolute Gasteiger partial charge is 0.244 e. The number of amides is 1. The van der Waals surface area contributed by atoms with E-state index < -0.39 is 5.54 Å². The fraction of sp³-hybridized carbons (Fsp3) is 0.417. The number of nitrogens with one attached hydrogen (secondary N) is 2. The number of carbonyl (C=O) groups is 1. The van der Waals surface area contributed by atoms with Gasteiger partial charge in [0.1, 0.15) is 5.82 Å². The van der Waals surface area contributed by atoms with Crippen molar-refractivity contribution >= 4 is 11.6 Å². The number of carbonyl (C=O) groups excluding carboxylic acids is 1. The van der Waals surface area contributed by atoms with Gasteiger partial charge in [-0.15, -0.1) is 0 Å². The van der Waals surface area contributed by atoms with E-state index >= 15 is 0 Å². The Morgan fingerprint density at radius 3 is 2.50 bits per heavy atom. The van der Waals surface area contributed by atoms with E-state index in [9.17, 15) is 9.18 Å². The van der Waals surface area contributed by atoms with Gasteiger partial charge in [0.2, 0.25) is 5.91 Å². The summed E-state index contributed by atoms with van der Waals surface area (Å²) in [5, 5.41) is 5.54. The Hall–Kier alpha value is -1.42. The molecule has 0 spiro atoms. The number of anilines is 1. The monoisotopic (exact) mass is 224 g/mol. The highest BCUT2D eigenvalue weighted by Crippen LogP contribution is 2.15. The highest BCUT2D eigenvalue weighted by Gasteiger charge is 2.25. The molecule has 0 fully saturated rings. The molecular weight excluding hydrogens is 207 g/mol. The highest BCUT2D eigenvalue weighted by atomic mass is 19.1.